The van der Waals surface area contributed by atoms with Crippen LogP contribution >= 0.6 is 0 Å². The molecule has 0 radical (unpaired) electrons. The van der Waals surface area contributed by atoms with Crippen molar-refractivity contribution in [1.29, 1.82) is 0 Å². The van der Waals surface area contributed by atoms with Gasteiger partial charge in [-0.25, -0.2) is 4.98 Å². The van der Waals surface area contributed by atoms with Crippen molar-refractivity contribution in [2.75, 3.05) is 13.1 Å². The number of imidazole rings is 1. The molecule has 1 N–H and O–H groups in total. The lowest BCUT2D eigenvalue weighted by Gasteiger charge is -2.24. The summed E-state index contributed by atoms with van der Waals surface area (Å²) in [6.07, 6.45) is 4.52. The van der Waals surface area contributed by atoms with Crippen molar-refractivity contribution in [3.8, 4) is 0 Å². The molecule has 0 spiro atoms. The lowest BCUT2D eigenvalue weighted by molar-refractivity contribution is 0.378. The molecule has 0 aliphatic carbocycles. The molecule has 3 rings (SSSR count). The molecular weight excluding hydrogens is 222 g/mol. The smallest absolute Gasteiger partial charge is 0.0961 e. The molecule has 0 bridgehead atoms. The van der Waals surface area contributed by atoms with Crippen LogP contribution in [-0.2, 0) is 0 Å². The van der Waals surface area contributed by atoms with E-state index < -0.39 is 0 Å². The fraction of sp³-hybridized carbons (Fsp3) is 0.533. The molecule has 0 saturated carbocycles. The van der Waals surface area contributed by atoms with Crippen LogP contribution in [-0.4, -0.2) is 22.6 Å². The van der Waals surface area contributed by atoms with E-state index in [1.165, 1.54) is 23.9 Å². The third-order valence-electron chi connectivity index (χ3n) is 3.93. The molecule has 3 nitrogen and oxygen atoms in total. The highest BCUT2D eigenvalue weighted by molar-refractivity contribution is 5.76. The van der Waals surface area contributed by atoms with Gasteiger partial charge in [0.25, 0.3) is 0 Å². The molecule has 18 heavy (non-hydrogen) atoms. The monoisotopic (exact) mass is 243 g/mol. The minimum Gasteiger partial charge on any atom is -0.326 e. The highest BCUT2D eigenvalue weighted by atomic mass is 15.1. The molecule has 1 aliphatic rings. The average Bonchev–Trinajstić information content (AvgIpc) is 2.82. The zero-order chi connectivity index (χ0) is 12.5. The van der Waals surface area contributed by atoms with E-state index in [1.54, 1.807) is 0 Å². The minimum atomic E-state index is 0.561. The number of hydrogen-bond acceptors (Lipinski definition) is 2. The SMILES string of the molecule is CC(C)c1ccc2ncn(C3CCCNC3)c2c1. The van der Waals surface area contributed by atoms with Gasteiger partial charge in [-0.2, -0.15) is 0 Å². The van der Waals surface area contributed by atoms with E-state index in [4.69, 9.17) is 0 Å². The first-order valence-electron chi connectivity index (χ1n) is 6.93. The first-order valence-corrected chi connectivity index (χ1v) is 6.93. The molecule has 2 aromatic rings. The van der Waals surface area contributed by atoms with Crippen molar-refractivity contribution in [2.24, 2.45) is 0 Å². The Hall–Kier alpha value is -1.35. The summed E-state index contributed by atoms with van der Waals surface area (Å²) in [6.45, 7) is 6.70. The van der Waals surface area contributed by atoms with Gasteiger partial charge in [-0.3, -0.25) is 0 Å². The predicted octanol–water partition coefficient (Wildman–Crippen LogP) is 3.08. The molecule has 96 valence electrons. The van der Waals surface area contributed by atoms with Gasteiger partial charge in [-0.15, -0.1) is 0 Å². The lowest BCUT2D eigenvalue weighted by Crippen LogP contribution is -2.31. The van der Waals surface area contributed by atoms with Crippen LogP contribution in [0.2, 0.25) is 0 Å². The van der Waals surface area contributed by atoms with E-state index in [0.29, 0.717) is 12.0 Å². The number of piperidine rings is 1. The molecule has 1 saturated heterocycles. The average molecular weight is 243 g/mol. The highest BCUT2D eigenvalue weighted by Gasteiger charge is 2.17. The fourth-order valence-electron chi connectivity index (χ4n) is 2.76. The number of nitrogens with one attached hydrogen (secondary N) is 1. The summed E-state index contributed by atoms with van der Waals surface area (Å²) < 4.78 is 2.35. The standard InChI is InChI=1S/C15H21N3/c1-11(2)12-5-6-14-15(8-12)18(10-17-14)13-4-3-7-16-9-13/h5-6,8,10-11,13,16H,3-4,7,9H2,1-2H3. The Morgan fingerprint density at radius 2 is 2.28 bits per heavy atom. The Kier molecular flexibility index (Phi) is 3.08. The van der Waals surface area contributed by atoms with Crippen LogP contribution in [0.15, 0.2) is 24.5 Å². The van der Waals surface area contributed by atoms with Crippen molar-refractivity contribution in [2.45, 2.75) is 38.6 Å². The van der Waals surface area contributed by atoms with Crippen LogP contribution in [0.25, 0.3) is 11.0 Å². The van der Waals surface area contributed by atoms with E-state index in [0.717, 1.165) is 18.6 Å². The van der Waals surface area contributed by atoms with Gasteiger partial charge in [0, 0.05) is 12.6 Å². The second-order valence-corrected chi connectivity index (χ2v) is 5.55. The van der Waals surface area contributed by atoms with Crippen molar-refractivity contribution < 1.29 is 0 Å². The van der Waals surface area contributed by atoms with Crippen LogP contribution in [0.4, 0.5) is 0 Å². The van der Waals surface area contributed by atoms with Crippen molar-refractivity contribution in [3.63, 3.8) is 0 Å². The van der Waals surface area contributed by atoms with Crippen molar-refractivity contribution in [1.82, 2.24) is 14.9 Å². The topological polar surface area (TPSA) is 29.9 Å². The predicted molar refractivity (Wildman–Crippen MR) is 75.0 cm³/mol. The third kappa shape index (κ3) is 2.03. The van der Waals surface area contributed by atoms with Gasteiger partial charge in [0.1, 0.15) is 0 Å². The number of nitrogens with zero attached hydrogens (tertiary/aromatic N) is 2. The molecule has 1 fully saturated rings. The first-order chi connectivity index (χ1) is 8.75. The normalized spacial score (nSPS) is 20.7. The van der Waals surface area contributed by atoms with Gasteiger partial charge in [0.2, 0.25) is 0 Å². The van der Waals surface area contributed by atoms with Gasteiger partial charge in [0.15, 0.2) is 0 Å². The van der Waals surface area contributed by atoms with E-state index in [9.17, 15) is 0 Å². The van der Waals surface area contributed by atoms with Crippen LogP contribution in [0.3, 0.4) is 0 Å². The van der Waals surface area contributed by atoms with E-state index in [-0.39, 0.29) is 0 Å². The molecule has 1 unspecified atom stereocenters. The van der Waals surface area contributed by atoms with E-state index in [2.05, 4.69) is 46.9 Å². The van der Waals surface area contributed by atoms with Gasteiger partial charge >= 0.3 is 0 Å². The summed E-state index contributed by atoms with van der Waals surface area (Å²) in [5, 5.41) is 3.48. The summed E-state index contributed by atoms with van der Waals surface area (Å²) in [7, 11) is 0. The van der Waals surface area contributed by atoms with Crippen LogP contribution in [0, 0.1) is 0 Å². The molecule has 1 aromatic carbocycles. The Labute approximate surface area is 108 Å². The first kappa shape index (κ1) is 11.7. The van der Waals surface area contributed by atoms with Crippen molar-refractivity contribution in [3.05, 3.63) is 30.1 Å². The number of aromatic nitrogens is 2. The second-order valence-electron chi connectivity index (χ2n) is 5.55. The van der Waals surface area contributed by atoms with Crippen LogP contribution in [0.1, 0.15) is 44.2 Å². The molecular formula is C15H21N3. The molecule has 1 atom stereocenters. The summed E-state index contributed by atoms with van der Waals surface area (Å²) in [5.41, 5.74) is 3.80. The van der Waals surface area contributed by atoms with Crippen LogP contribution < -0.4 is 5.32 Å². The Balaban J connectivity index is 2.03. The summed E-state index contributed by atoms with van der Waals surface area (Å²) in [6, 6.07) is 7.22. The van der Waals surface area contributed by atoms with Crippen molar-refractivity contribution >= 4 is 11.0 Å². The van der Waals surface area contributed by atoms with Crippen LogP contribution in [0.5, 0.6) is 0 Å². The number of hydrogen-bond donors (Lipinski definition) is 1. The molecule has 1 aliphatic heterocycles. The van der Waals surface area contributed by atoms with E-state index in [1.807, 2.05) is 6.33 Å². The Morgan fingerprint density at radius 3 is 3.00 bits per heavy atom. The maximum absolute atomic E-state index is 4.53. The van der Waals surface area contributed by atoms with Gasteiger partial charge < -0.3 is 9.88 Å². The minimum absolute atomic E-state index is 0.561. The zero-order valence-corrected chi connectivity index (χ0v) is 11.2. The number of fused-ring (bicyclic) bond motifs is 1. The van der Waals surface area contributed by atoms with E-state index >= 15 is 0 Å². The fourth-order valence-corrected chi connectivity index (χ4v) is 2.76. The third-order valence-corrected chi connectivity index (χ3v) is 3.93. The quantitative estimate of drug-likeness (QED) is 0.878. The summed E-state index contributed by atoms with van der Waals surface area (Å²) in [4.78, 5) is 4.53. The zero-order valence-electron chi connectivity index (χ0n) is 11.2. The summed E-state index contributed by atoms with van der Waals surface area (Å²) in [5.74, 6) is 0.572. The van der Waals surface area contributed by atoms with Gasteiger partial charge in [-0.1, -0.05) is 19.9 Å². The Bertz CT molecular complexity index is 536. The highest BCUT2D eigenvalue weighted by Crippen LogP contribution is 2.25. The number of rotatable bonds is 2. The number of benzene rings is 1. The lowest BCUT2D eigenvalue weighted by atomic mass is 10.0. The van der Waals surface area contributed by atoms with Gasteiger partial charge in [0.05, 0.1) is 17.4 Å². The molecule has 1 aromatic heterocycles. The molecule has 3 heteroatoms. The maximum Gasteiger partial charge on any atom is 0.0961 e. The largest absolute Gasteiger partial charge is 0.326 e. The van der Waals surface area contributed by atoms with Gasteiger partial charge in [-0.05, 0) is 43.0 Å². The maximum atomic E-state index is 4.53. The Morgan fingerprint density at radius 1 is 1.39 bits per heavy atom. The summed E-state index contributed by atoms with van der Waals surface area (Å²) >= 11 is 0. The molecule has 0 amide bonds. The molecule has 2 heterocycles. The second kappa shape index (κ2) is 4.73.